The van der Waals surface area contributed by atoms with E-state index in [0.29, 0.717) is 6.61 Å². The van der Waals surface area contributed by atoms with Gasteiger partial charge in [-0.2, -0.15) is 0 Å². The van der Waals surface area contributed by atoms with E-state index >= 15 is 0 Å². The predicted octanol–water partition coefficient (Wildman–Crippen LogP) is 2.63. The maximum Gasteiger partial charge on any atom is 0.330 e. The first-order valence-electron chi connectivity index (χ1n) is 4.36. The molecule has 0 aliphatic heterocycles. The van der Waals surface area contributed by atoms with Crippen molar-refractivity contribution in [1.29, 1.82) is 0 Å². The zero-order valence-corrected chi connectivity index (χ0v) is 7.87. The fourth-order valence-corrected chi connectivity index (χ4v) is 0.755. The lowest BCUT2D eigenvalue weighted by Crippen LogP contribution is -1.98. The fourth-order valence-electron chi connectivity index (χ4n) is 0.755. The third-order valence-electron chi connectivity index (χ3n) is 1.43. The van der Waals surface area contributed by atoms with Crippen LogP contribution in [0.3, 0.4) is 0 Å². The summed E-state index contributed by atoms with van der Waals surface area (Å²) in [6, 6.07) is 0. The van der Waals surface area contributed by atoms with Gasteiger partial charge in [0.2, 0.25) is 0 Å². The van der Waals surface area contributed by atoms with E-state index in [1.54, 1.807) is 0 Å². The maximum atomic E-state index is 10.6. The lowest BCUT2D eigenvalue weighted by Gasteiger charge is -1.94. The SMILES string of the molecule is C=CCCC/C=C/COC(=O)C=C. The number of carbonyl (C=O) groups is 1. The molecule has 0 heterocycles. The van der Waals surface area contributed by atoms with Crippen molar-refractivity contribution in [2.75, 3.05) is 6.61 Å². The van der Waals surface area contributed by atoms with Gasteiger partial charge in [-0.05, 0) is 19.3 Å². The second-order valence-corrected chi connectivity index (χ2v) is 2.53. The van der Waals surface area contributed by atoms with Crippen LogP contribution in [0.1, 0.15) is 19.3 Å². The van der Waals surface area contributed by atoms with Gasteiger partial charge in [0.05, 0.1) is 0 Å². The minimum absolute atomic E-state index is 0.332. The molecule has 0 amide bonds. The molecule has 0 atom stereocenters. The summed E-state index contributed by atoms with van der Waals surface area (Å²) < 4.78 is 4.73. The molecule has 0 fully saturated rings. The summed E-state index contributed by atoms with van der Waals surface area (Å²) in [6.45, 7) is 7.25. The first kappa shape index (κ1) is 11.7. The minimum Gasteiger partial charge on any atom is -0.458 e. The van der Waals surface area contributed by atoms with Crippen LogP contribution in [0.25, 0.3) is 0 Å². The van der Waals surface area contributed by atoms with Crippen LogP contribution in [0.4, 0.5) is 0 Å². The molecule has 0 rings (SSSR count). The van der Waals surface area contributed by atoms with E-state index in [4.69, 9.17) is 4.74 Å². The molecule has 13 heavy (non-hydrogen) atoms. The number of carbonyl (C=O) groups excluding carboxylic acids is 1. The average Bonchev–Trinajstić information content (AvgIpc) is 2.16. The van der Waals surface area contributed by atoms with E-state index in [-0.39, 0.29) is 5.97 Å². The molecular weight excluding hydrogens is 164 g/mol. The van der Waals surface area contributed by atoms with Gasteiger partial charge >= 0.3 is 5.97 Å². The highest BCUT2D eigenvalue weighted by molar-refractivity contribution is 5.81. The number of hydrogen-bond donors (Lipinski definition) is 0. The second kappa shape index (κ2) is 8.78. The number of unbranched alkanes of at least 4 members (excludes halogenated alkanes) is 2. The Labute approximate surface area is 79.6 Å². The van der Waals surface area contributed by atoms with Crippen molar-refractivity contribution in [3.63, 3.8) is 0 Å². The van der Waals surface area contributed by atoms with Gasteiger partial charge in [0, 0.05) is 6.08 Å². The van der Waals surface area contributed by atoms with Crippen molar-refractivity contribution in [3.05, 3.63) is 37.5 Å². The van der Waals surface area contributed by atoms with Gasteiger partial charge in [-0.15, -0.1) is 6.58 Å². The molecule has 72 valence electrons. The Morgan fingerprint density at radius 3 is 2.62 bits per heavy atom. The quantitative estimate of drug-likeness (QED) is 0.260. The van der Waals surface area contributed by atoms with Gasteiger partial charge in [0.1, 0.15) is 6.61 Å². The molecule has 0 spiro atoms. The third-order valence-corrected chi connectivity index (χ3v) is 1.43. The van der Waals surface area contributed by atoms with E-state index in [1.165, 1.54) is 0 Å². The Morgan fingerprint density at radius 1 is 1.23 bits per heavy atom. The van der Waals surface area contributed by atoms with E-state index in [9.17, 15) is 4.79 Å². The molecular formula is C11H16O2. The topological polar surface area (TPSA) is 26.3 Å². The summed E-state index contributed by atoms with van der Waals surface area (Å²) in [4.78, 5) is 10.6. The van der Waals surface area contributed by atoms with Crippen molar-refractivity contribution < 1.29 is 9.53 Å². The predicted molar refractivity (Wildman–Crippen MR) is 54.3 cm³/mol. The lowest BCUT2D eigenvalue weighted by molar-refractivity contribution is -0.136. The highest BCUT2D eigenvalue weighted by Crippen LogP contribution is 1.96. The molecule has 0 unspecified atom stereocenters. The highest BCUT2D eigenvalue weighted by Gasteiger charge is 1.89. The summed E-state index contributed by atoms with van der Waals surface area (Å²) in [5.41, 5.74) is 0. The Hall–Kier alpha value is -1.31. The number of rotatable bonds is 7. The van der Waals surface area contributed by atoms with Gasteiger partial charge in [0.15, 0.2) is 0 Å². The molecule has 0 saturated carbocycles. The maximum absolute atomic E-state index is 10.6. The minimum atomic E-state index is -0.379. The van der Waals surface area contributed by atoms with E-state index in [2.05, 4.69) is 13.2 Å². The molecule has 0 aromatic heterocycles. The number of ether oxygens (including phenoxy) is 1. The molecule has 0 N–H and O–H groups in total. The standard InChI is InChI=1S/C11H16O2/c1-3-5-6-7-8-9-10-13-11(12)4-2/h3-4,8-9H,1-2,5-7,10H2/b9-8+. The fraction of sp³-hybridized carbons (Fsp3) is 0.364. The van der Waals surface area contributed by atoms with Crippen LogP contribution >= 0.6 is 0 Å². The first-order chi connectivity index (χ1) is 6.31. The zero-order chi connectivity index (χ0) is 9.94. The monoisotopic (exact) mass is 180 g/mol. The number of esters is 1. The summed E-state index contributed by atoms with van der Waals surface area (Å²) in [5, 5.41) is 0. The number of hydrogen-bond acceptors (Lipinski definition) is 2. The van der Waals surface area contributed by atoms with Gasteiger partial charge in [-0.1, -0.05) is 24.8 Å². The van der Waals surface area contributed by atoms with Gasteiger partial charge in [-0.25, -0.2) is 4.79 Å². The summed E-state index contributed by atoms with van der Waals surface area (Å²) in [7, 11) is 0. The van der Waals surface area contributed by atoms with Crippen molar-refractivity contribution in [2.45, 2.75) is 19.3 Å². The van der Waals surface area contributed by atoms with Crippen LogP contribution in [0, 0.1) is 0 Å². The molecule has 2 nitrogen and oxygen atoms in total. The van der Waals surface area contributed by atoms with Crippen molar-refractivity contribution in [2.24, 2.45) is 0 Å². The molecule has 0 aromatic carbocycles. The van der Waals surface area contributed by atoms with Gasteiger partial charge in [0.25, 0.3) is 0 Å². The summed E-state index contributed by atoms with van der Waals surface area (Å²) >= 11 is 0. The van der Waals surface area contributed by atoms with E-state index in [1.807, 2.05) is 18.2 Å². The van der Waals surface area contributed by atoms with Crippen molar-refractivity contribution in [1.82, 2.24) is 0 Å². The first-order valence-corrected chi connectivity index (χ1v) is 4.36. The smallest absolute Gasteiger partial charge is 0.330 e. The van der Waals surface area contributed by atoms with Crippen LogP contribution < -0.4 is 0 Å². The van der Waals surface area contributed by atoms with Crippen LogP contribution in [0.2, 0.25) is 0 Å². The summed E-state index contributed by atoms with van der Waals surface area (Å²) in [6.07, 6.45) is 10.0. The van der Waals surface area contributed by atoms with Crippen LogP contribution in [0.5, 0.6) is 0 Å². The van der Waals surface area contributed by atoms with E-state index < -0.39 is 0 Å². The third kappa shape index (κ3) is 8.60. The Bertz CT molecular complexity index is 192. The van der Waals surface area contributed by atoms with Crippen LogP contribution in [-0.2, 0) is 9.53 Å². The second-order valence-electron chi connectivity index (χ2n) is 2.53. The molecule has 0 saturated heterocycles. The molecule has 0 aliphatic rings. The van der Waals surface area contributed by atoms with E-state index in [0.717, 1.165) is 25.3 Å². The molecule has 0 aliphatic carbocycles. The average molecular weight is 180 g/mol. The molecule has 0 aromatic rings. The Morgan fingerprint density at radius 2 is 2.00 bits per heavy atom. The Balaban J connectivity index is 3.26. The van der Waals surface area contributed by atoms with Crippen molar-refractivity contribution >= 4 is 5.97 Å². The number of allylic oxidation sites excluding steroid dienone is 2. The molecule has 2 heteroatoms. The largest absolute Gasteiger partial charge is 0.458 e. The molecule has 0 bridgehead atoms. The van der Waals surface area contributed by atoms with Gasteiger partial charge < -0.3 is 4.74 Å². The normalized spacial score (nSPS) is 9.85. The van der Waals surface area contributed by atoms with Crippen LogP contribution in [-0.4, -0.2) is 12.6 Å². The summed E-state index contributed by atoms with van der Waals surface area (Å²) in [5.74, 6) is -0.379. The van der Waals surface area contributed by atoms with Gasteiger partial charge in [-0.3, -0.25) is 0 Å². The van der Waals surface area contributed by atoms with Crippen LogP contribution in [0.15, 0.2) is 37.5 Å². The zero-order valence-electron chi connectivity index (χ0n) is 7.87. The van der Waals surface area contributed by atoms with Crippen molar-refractivity contribution in [3.8, 4) is 0 Å². The highest BCUT2D eigenvalue weighted by atomic mass is 16.5. The Kier molecular flexibility index (Phi) is 7.90. The molecule has 0 radical (unpaired) electrons. The lowest BCUT2D eigenvalue weighted by atomic mass is 10.2.